The predicted molar refractivity (Wildman–Crippen MR) is 77.1 cm³/mol. The summed E-state index contributed by atoms with van der Waals surface area (Å²) in [6, 6.07) is 3.93. The van der Waals surface area contributed by atoms with Crippen LogP contribution in [-0.2, 0) is 16.6 Å². The van der Waals surface area contributed by atoms with E-state index in [1.165, 1.54) is 12.1 Å². The van der Waals surface area contributed by atoms with Crippen molar-refractivity contribution in [2.45, 2.75) is 24.3 Å². The number of thioether (sulfide) groups is 1. The molecule has 0 aliphatic heterocycles. The molecule has 0 aliphatic carbocycles. The monoisotopic (exact) mass is 306 g/mol. The average molecular weight is 306 g/mol. The fourth-order valence-electron chi connectivity index (χ4n) is 1.54. The molecule has 0 saturated carbocycles. The van der Waals surface area contributed by atoms with Crippen LogP contribution in [0.25, 0.3) is 0 Å². The molecule has 7 heteroatoms. The van der Waals surface area contributed by atoms with Crippen LogP contribution in [0.3, 0.4) is 0 Å². The van der Waals surface area contributed by atoms with E-state index in [2.05, 4.69) is 4.72 Å². The van der Waals surface area contributed by atoms with E-state index >= 15 is 0 Å². The molecule has 0 saturated heterocycles. The van der Waals surface area contributed by atoms with Crippen molar-refractivity contribution in [1.29, 1.82) is 0 Å². The lowest BCUT2D eigenvalue weighted by Gasteiger charge is -2.08. The third-order valence-electron chi connectivity index (χ3n) is 2.59. The van der Waals surface area contributed by atoms with Gasteiger partial charge in [0.15, 0.2) is 0 Å². The van der Waals surface area contributed by atoms with Crippen LogP contribution in [0.5, 0.6) is 0 Å². The Morgan fingerprint density at radius 3 is 2.68 bits per heavy atom. The molecule has 0 amide bonds. The number of rotatable bonds is 8. The number of hydrogen-bond donors (Lipinski definition) is 2. The molecule has 0 unspecified atom stereocenters. The molecule has 19 heavy (non-hydrogen) atoms. The summed E-state index contributed by atoms with van der Waals surface area (Å²) in [6.45, 7) is 0.500. The maximum absolute atomic E-state index is 13.7. The van der Waals surface area contributed by atoms with E-state index < -0.39 is 15.8 Å². The molecule has 0 spiro atoms. The third kappa shape index (κ3) is 5.10. The van der Waals surface area contributed by atoms with Crippen molar-refractivity contribution in [3.8, 4) is 0 Å². The molecule has 0 atom stereocenters. The van der Waals surface area contributed by atoms with Crippen LogP contribution in [0.4, 0.5) is 4.39 Å². The highest BCUT2D eigenvalue weighted by molar-refractivity contribution is 7.98. The molecule has 1 rings (SSSR count). The van der Waals surface area contributed by atoms with Gasteiger partial charge in [-0.3, -0.25) is 0 Å². The number of unbranched alkanes of at least 4 members (excludes halogenated alkanes) is 1. The van der Waals surface area contributed by atoms with Crippen LogP contribution >= 0.6 is 11.8 Å². The minimum absolute atomic E-state index is 0.180. The minimum atomic E-state index is -3.78. The molecular formula is C12H19FN2O2S2. The number of hydrogen-bond acceptors (Lipinski definition) is 4. The third-order valence-corrected chi connectivity index (χ3v) is 4.78. The van der Waals surface area contributed by atoms with Gasteiger partial charge in [-0.05, 0) is 42.5 Å². The Labute approximate surface area is 118 Å². The van der Waals surface area contributed by atoms with E-state index in [0.717, 1.165) is 24.7 Å². The zero-order valence-electron chi connectivity index (χ0n) is 10.9. The molecule has 0 fully saturated rings. The summed E-state index contributed by atoms with van der Waals surface area (Å²) in [5.74, 6) is 0.223. The first kappa shape index (κ1) is 16.4. The van der Waals surface area contributed by atoms with Crippen LogP contribution in [0, 0.1) is 5.82 Å². The molecule has 0 aromatic heterocycles. The highest BCUT2D eigenvalue weighted by Crippen LogP contribution is 2.15. The minimum Gasteiger partial charge on any atom is -0.326 e. The summed E-state index contributed by atoms with van der Waals surface area (Å²) in [6.07, 6.45) is 3.67. The van der Waals surface area contributed by atoms with Crippen molar-refractivity contribution < 1.29 is 12.8 Å². The van der Waals surface area contributed by atoms with E-state index in [1.807, 2.05) is 6.26 Å². The second kappa shape index (κ2) is 7.84. The van der Waals surface area contributed by atoms with Gasteiger partial charge in [0.1, 0.15) is 10.7 Å². The normalized spacial score (nSPS) is 11.7. The number of nitrogens with one attached hydrogen (secondary N) is 1. The fraction of sp³-hybridized carbons (Fsp3) is 0.500. The van der Waals surface area contributed by atoms with Crippen molar-refractivity contribution in [2.24, 2.45) is 5.73 Å². The Kier molecular flexibility index (Phi) is 6.78. The van der Waals surface area contributed by atoms with Crippen LogP contribution in [0.1, 0.15) is 18.4 Å². The molecule has 0 bridgehead atoms. The lowest BCUT2D eigenvalue weighted by molar-refractivity contribution is 0.554. The zero-order chi connectivity index (χ0) is 14.3. The quantitative estimate of drug-likeness (QED) is 0.717. The summed E-state index contributed by atoms with van der Waals surface area (Å²) in [5.41, 5.74) is 5.94. The number of benzene rings is 1. The molecular weight excluding hydrogens is 287 g/mol. The van der Waals surface area contributed by atoms with Gasteiger partial charge in [-0.2, -0.15) is 11.8 Å². The van der Waals surface area contributed by atoms with E-state index in [-0.39, 0.29) is 11.4 Å². The highest BCUT2D eigenvalue weighted by atomic mass is 32.2. The first-order valence-corrected chi connectivity index (χ1v) is 8.86. The molecule has 0 aliphatic rings. The topological polar surface area (TPSA) is 72.2 Å². The lowest BCUT2D eigenvalue weighted by atomic mass is 10.2. The Morgan fingerprint density at radius 2 is 2.11 bits per heavy atom. The van der Waals surface area contributed by atoms with E-state index in [1.54, 1.807) is 11.8 Å². The van der Waals surface area contributed by atoms with Crippen molar-refractivity contribution in [2.75, 3.05) is 18.6 Å². The summed E-state index contributed by atoms with van der Waals surface area (Å²) >= 11 is 1.71. The molecule has 1 aromatic carbocycles. The average Bonchev–Trinajstić information content (AvgIpc) is 2.37. The Hall–Kier alpha value is -0.630. The largest absolute Gasteiger partial charge is 0.326 e. The number of halogens is 1. The van der Waals surface area contributed by atoms with Crippen molar-refractivity contribution in [1.82, 2.24) is 4.72 Å². The van der Waals surface area contributed by atoms with Gasteiger partial charge in [0, 0.05) is 13.1 Å². The fourth-order valence-corrected chi connectivity index (χ4v) is 3.17. The SMILES string of the molecule is CSCCCCNS(=O)(=O)c1ccc(CN)cc1F. The summed E-state index contributed by atoms with van der Waals surface area (Å²) < 4.78 is 39.9. The van der Waals surface area contributed by atoms with Gasteiger partial charge < -0.3 is 5.73 Å². The second-order valence-electron chi connectivity index (χ2n) is 4.07. The van der Waals surface area contributed by atoms with Crippen molar-refractivity contribution in [3.05, 3.63) is 29.6 Å². The summed E-state index contributed by atoms with van der Waals surface area (Å²) in [5, 5.41) is 0. The van der Waals surface area contributed by atoms with Crippen LogP contribution < -0.4 is 10.5 Å². The molecule has 0 radical (unpaired) electrons. The van der Waals surface area contributed by atoms with Crippen molar-refractivity contribution in [3.63, 3.8) is 0 Å². The molecule has 1 aromatic rings. The van der Waals surface area contributed by atoms with Gasteiger partial charge in [0.25, 0.3) is 0 Å². The van der Waals surface area contributed by atoms with Gasteiger partial charge in [-0.25, -0.2) is 17.5 Å². The Morgan fingerprint density at radius 1 is 1.37 bits per heavy atom. The highest BCUT2D eigenvalue weighted by Gasteiger charge is 2.18. The van der Waals surface area contributed by atoms with E-state index in [4.69, 9.17) is 5.73 Å². The maximum atomic E-state index is 13.7. The first-order chi connectivity index (χ1) is 9.01. The second-order valence-corrected chi connectivity index (χ2v) is 6.79. The van der Waals surface area contributed by atoms with Crippen molar-refractivity contribution >= 4 is 21.8 Å². The van der Waals surface area contributed by atoms with E-state index in [9.17, 15) is 12.8 Å². The van der Waals surface area contributed by atoms with E-state index in [0.29, 0.717) is 12.1 Å². The predicted octanol–water partition coefficient (Wildman–Crippen LogP) is 1.71. The van der Waals surface area contributed by atoms with Gasteiger partial charge in [0.2, 0.25) is 10.0 Å². The summed E-state index contributed by atoms with van der Waals surface area (Å²) in [4.78, 5) is -0.324. The van der Waals surface area contributed by atoms with Crippen LogP contribution in [0.2, 0.25) is 0 Å². The standard InChI is InChI=1S/C12H19FN2O2S2/c1-18-7-3-2-6-15-19(16,17)12-5-4-10(9-14)8-11(12)13/h4-5,8,15H,2-3,6-7,9,14H2,1H3. The molecule has 4 nitrogen and oxygen atoms in total. The maximum Gasteiger partial charge on any atom is 0.243 e. The van der Waals surface area contributed by atoms with Gasteiger partial charge in [-0.15, -0.1) is 0 Å². The lowest BCUT2D eigenvalue weighted by Crippen LogP contribution is -2.25. The van der Waals surface area contributed by atoms with Gasteiger partial charge in [-0.1, -0.05) is 6.07 Å². The summed E-state index contributed by atoms with van der Waals surface area (Å²) in [7, 11) is -3.78. The molecule has 0 heterocycles. The Bertz CT molecular complexity index is 506. The zero-order valence-corrected chi connectivity index (χ0v) is 12.5. The molecule has 108 valence electrons. The molecule has 3 N–H and O–H groups in total. The van der Waals surface area contributed by atoms with Crippen LogP contribution in [-0.4, -0.2) is 27.0 Å². The number of sulfonamides is 1. The van der Waals surface area contributed by atoms with Gasteiger partial charge in [0.05, 0.1) is 0 Å². The number of nitrogens with two attached hydrogens (primary N) is 1. The smallest absolute Gasteiger partial charge is 0.243 e. The van der Waals surface area contributed by atoms with Crippen LogP contribution in [0.15, 0.2) is 23.1 Å². The first-order valence-electron chi connectivity index (χ1n) is 5.98. The Balaban J connectivity index is 2.67. The van der Waals surface area contributed by atoms with Gasteiger partial charge >= 0.3 is 0 Å².